The monoisotopic (exact) mass is 203 g/mol. The van der Waals surface area contributed by atoms with Crippen LogP contribution < -0.4 is 0 Å². The van der Waals surface area contributed by atoms with Crippen LogP contribution in [0.2, 0.25) is 0 Å². The molecule has 0 aliphatic carbocycles. The second-order valence-electron chi connectivity index (χ2n) is 3.11. The Labute approximate surface area is 85.8 Å². The summed E-state index contributed by atoms with van der Waals surface area (Å²) < 4.78 is 1.63. The van der Waals surface area contributed by atoms with Crippen molar-refractivity contribution in [2.45, 2.75) is 6.54 Å². The smallest absolute Gasteiger partial charge is 0.267 e. The van der Waals surface area contributed by atoms with E-state index in [-0.39, 0.29) is 5.69 Å². The fourth-order valence-electron chi connectivity index (χ4n) is 1.46. The lowest BCUT2D eigenvalue weighted by atomic mass is 10.2. The van der Waals surface area contributed by atoms with E-state index in [0.29, 0.717) is 17.4 Å². The van der Waals surface area contributed by atoms with Crippen molar-refractivity contribution in [1.29, 1.82) is 0 Å². The van der Waals surface area contributed by atoms with Crippen LogP contribution in [0.3, 0.4) is 0 Å². The Hall–Kier alpha value is -2.17. The molecule has 1 heterocycles. The minimum absolute atomic E-state index is 0.0859. The average Bonchev–Trinajstić information content (AvgIpc) is 2.59. The van der Waals surface area contributed by atoms with Crippen LogP contribution in [0.25, 0.3) is 10.9 Å². The first-order chi connectivity index (χ1) is 7.22. The van der Waals surface area contributed by atoms with Gasteiger partial charge in [0.05, 0.1) is 22.4 Å². The standard InChI is InChI=1S/C10H9N3O2/c1-2-6-12-7-8-9(11-12)4-3-5-10(8)13(14)15/h2-5,7H,1,6H2. The van der Waals surface area contributed by atoms with Gasteiger partial charge in [-0.15, -0.1) is 6.58 Å². The maximum atomic E-state index is 10.7. The second-order valence-corrected chi connectivity index (χ2v) is 3.11. The van der Waals surface area contributed by atoms with Crippen molar-refractivity contribution in [3.8, 4) is 0 Å². The van der Waals surface area contributed by atoms with Crippen molar-refractivity contribution in [1.82, 2.24) is 9.78 Å². The molecular weight excluding hydrogens is 194 g/mol. The lowest BCUT2D eigenvalue weighted by molar-refractivity contribution is -0.383. The zero-order valence-electron chi connectivity index (χ0n) is 7.96. The Morgan fingerprint density at radius 1 is 1.60 bits per heavy atom. The number of aromatic nitrogens is 2. The van der Waals surface area contributed by atoms with Gasteiger partial charge >= 0.3 is 0 Å². The third kappa shape index (κ3) is 1.59. The van der Waals surface area contributed by atoms with Gasteiger partial charge in [0.2, 0.25) is 0 Å². The van der Waals surface area contributed by atoms with E-state index in [1.165, 1.54) is 6.07 Å². The third-order valence-corrected chi connectivity index (χ3v) is 2.09. The van der Waals surface area contributed by atoms with Crippen LogP contribution in [-0.4, -0.2) is 14.7 Å². The van der Waals surface area contributed by atoms with Crippen LogP contribution in [0.15, 0.2) is 37.1 Å². The van der Waals surface area contributed by atoms with Crippen molar-refractivity contribution in [2.75, 3.05) is 0 Å². The predicted octanol–water partition coefficient (Wildman–Crippen LogP) is 2.13. The van der Waals surface area contributed by atoms with E-state index in [2.05, 4.69) is 11.7 Å². The average molecular weight is 203 g/mol. The Bertz CT molecular complexity index is 530. The van der Waals surface area contributed by atoms with Gasteiger partial charge in [0, 0.05) is 12.3 Å². The van der Waals surface area contributed by atoms with Gasteiger partial charge in [-0.2, -0.15) is 5.10 Å². The number of nitro groups is 1. The van der Waals surface area contributed by atoms with E-state index in [0.717, 1.165) is 0 Å². The molecule has 1 aromatic carbocycles. The van der Waals surface area contributed by atoms with Gasteiger partial charge in [0.15, 0.2) is 0 Å². The molecule has 0 spiro atoms. The largest absolute Gasteiger partial charge is 0.280 e. The second kappa shape index (κ2) is 3.53. The number of allylic oxidation sites excluding steroid dienone is 1. The van der Waals surface area contributed by atoms with Gasteiger partial charge in [0.1, 0.15) is 0 Å². The first kappa shape index (κ1) is 9.39. The molecule has 5 heteroatoms. The van der Waals surface area contributed by atoms with Crippen molar-refractivity contribution in [2.24, 2.45) is 0 Å². The highest BCUT2D eigenvalue weighted by Gasteiger charge is 2.13. The molecule has 0 aliphatic rings. The fraction of sp³-hybridized carbons (Fsp3) is 0.100. The van der Waals surface area contributed by atoms with Gasteiger partial charge in [0.25, 0.3) is 5.69 Å². The Morgan fingerprint density at radius 2 is 2.40 bits per heavy atom. The first-order valence-electron chi connectivity index (χ1n) is 4.44. The summed E-state index contributed by atoms with van der Waals surface area (Å²) in [4.78, 5) is 10.3. The number of hydrogen-bond acceptors (Lipinski definition) is 3. The summed E-state index contributed by atoms with van der Waals surface area (Å²) in [6.07, 6.45) is 3.35. The first-order valence-corrected chi connectivity index (χ1v) is 4.44. The number of benzene rings is 1. The van der Waals surface area contributed by atoms with Crippen LogP contribution in [0.5, 0.6) is 0 Å². The molecule has 0 radical (unpaired) electrons. The van der Waals surface area contributed by atoms with E-state index in [9.17, 15) is 10.1 Å². The number of hydrogen-bond donors (Lipinski definition) is 0. The maximum absolute atomic E-state index is 10.7. The van der Waals surface area contributed by atoms with Crippen molar-refractivity contribution >= 4 is 16.6 Å². The molecule has 0 fully saturated rings. The van der Waals surface area contributed by atoms with Crippen LogP contribution in [-0.2, 0) is 6.54 Å². The zero-order valence-corrected chi connectivity index (χ0v) is 7.96. The van der Waals surface area contributed by atoms with Crippen molar-refractivity contribution in [3.05, 3.63) is 47.2 Å². The SMILES string of the molecule is C=CCn1cc2c([N+](=O)[O-])cccc2n1. The molecule has 0 bridgehead atoms. The molecule has 1 aromatic heterocycles. The van der Waals surface area contributed by atoms with Crippen LogP contribution in [0.4, 0.5) is 5.69 Å². The van der Waals surface area contributed by atoms with Gasteiger partial charge in [-0.05, 0) is 6.07 Å². The van der Waals surface area contributed by atoms with E-state index in [1.54, 1.807) is 29.1 Å². The predicted molar refractivity (Wildman–Crippen MR) is 56.6 cm³/mol. The third-order valence-electron chi connectivity index (χ3n) is 2.09. The molecule has 2 rings (SSSR count). The highest BCUT2D eigenvalue weighted by molar-refractivity contribution is 5.87. The molecule has 15 heavy (non-hydrogen) atoms. The van der Waals surface area contributed by atoms with Gasteiger partial charge in [-0.1, -0.05) is 12.1 Å². The molecule has 0 atom stereocenters. The summed E-state index contributed by atoms with van der Waals surface area (Å²) in [5.41, 5.74) is 0.717. The topological polar surface area (TPSA) is 61.0 Å². The van der Waals surface area contributed by atoms with Crippen LogP contribution >= 0.6 is 0 Å². The molecule has 0 aliphatic heterocycles. The summed E-state index contributed by atoms with van der Waals surface area (Å²) in [5, 5.41) is 15.5. The molecular formula is C10H9N3O2. The van der Waals surface area contributed by atoms with E-state index < -0.39 is 4.92 Å². The highest BCUT2D eigenvalue weighted by Crippen LogP contribution is 2.23. The molecule has 5 nitrogen and oxygen atoms in total. The molecule has 0 unspecified atom stereocenters. The zero-order chi connectivity index (χ0) is 10.8. The molecule has 0 saturated heterocycles. The minimum atomic E-state index is -0.401. The van der Waals surface area contributed by atoms with Gasteiger partial charge in [-0.25, -0.2) is 0 Å². The van der Waals surface area contributed by atoms with Gasteiger partial charge in [-0.3, -0.25) is 14.8 Å². The molecule has 0 saturated carbocycles. The minimum Gasteiger partial charge on any atom is -0.267 e. The van der Waals surface area contributed by atoms with E-state index in [1.807, 2.05) is 0 Å². The quantitative estimate of drug-likeness (QED) is 0.436. The lowest BCUT2D eigenvalue weighted by Gasteiger charge is -1.90. The van der Waals surface area contributed by atoms with Crippen molar-refractivity contribution < 1.29 is 4.92 Å². The number of fused-ring (bicyclic) bond motifs is 1. The van der Waals surface area contributed by atoms with Crippen LogP contribution in [0, 0.1) is 10.1 Å². The summed E-state index contributed by atoms with van der Waals surface area (Å²) >= 11 is 0. The highest BCUT2D eigenvalue weighted by atomic mass is 16.6. The summed E-state index contributed by atoms with van der Waals surface area (Å²) in [6, 6.07) is 4.86. The lowest BCUT2D eigenvalue weighted by Crippen LogP contribution is -1.93. The Kier molecular flexibility index (Phi) is 2.21. The van der Waals surface area contributed by atoms with Crippen molar-refractivity contribution in [3.63, 3.8) is 0 Å². The molecule has 0 N–H and O–H groups in total. The summed E-state index contributed by atoms with van der Waals surface area (Å²) in [6.45, 7) is 4.14. The van der Waals surface area contributed by atoms with E-state index in [4.69, 9.17) is 0 Å². The number of nitrogens with zero attached hydrogens (tertiary/aromatic N) is 3. The van der Waals surface area contributed by atoms with E-state index >= 15 is 0 Å². The molecule has 0 amide bonds. The molecule has 2 aromatic rings. The summed E-state index contributed by atoms with van der Waals surface area (Å²) in [7, 11) is 0. The van der Waals surface area contributed by atoms with Gasteiger partial charge < -0.3 is 0 Å². The Morgan fingerprint density at radius 3 is 3.07 bits per heavy atom. The number of non-ortho nitro benzene ring substituents is 1. The normalized spacial score (nSPS) is 10.4. The molecule has 76 valence electrons. The number of rotatable bonds is 3. The fourth-order valence-corrected chi connectivity index (χ4v) is 1.46. The summed E-state index contributed by atoms with van der Waals surface area (Å²) in [5.74, 6) is 0. The Balaban J connectivity index is 2.64. The van der Waals surface area contributed by atoms with Crippen LogP contribution in [0.1, 0.15) is 0 Å². The maximum Gasteiger partial charge on any atom is 0.280 e. The number of nitro benzene ring substituents is 1.